The zero-order valence-corrected chi connectivity index (χ0v) is 7.51. The summed E-state index contributed by atoms with van der Waals surface area (Å²) in [5.74, 6) is 0. The zero-order chi connectivity index (χ0) is 8.27. The molecule has 1 saturated heterocycles. The van der Waals surface area contributed by atoms with Crippen molar-refractivity contribution in [2.45, 2.75) is 32.0 Å². The second kappa shape index (κ2) is 4.04. The first-order chi connectivity index (χ1) is 5.24. The lowest BCUT2D eigenvalue weighted by molar-refractivity contribution is 0.145. The van der Waals surface area contributed by atoms with Gasteiger partial charge in [0.05, 0.1) is 6.17 Å². The maximum atomic E-state index is 5.79. The van der Waals surface area contributed by atoms with Crippen LogP contribution in [0.25, 0.3) is 0 Å². The molecule has 0 aromatic carbocycles. The Hall–Kier alpha value is -0.120. The number of nitrogens with one attached hydrogen (secondary N) is 1. The summed E-state index contributed by atoms with van der Waals surface area (Å²) < 4.78 is 0. The van der Waals surface area contributed by atoms with Crippen molar-refractivity contribution < 1.29 is 0 Å². The van der Waals surface area contributed by atoms with Crippen molar-refractivity contribution in [2.24, 2.45) is 5.73 Å². The molecular formula is C8H19N3. The van der Waals surface area contributed by atoms with Gasteiger partial charge >= 0.3 is 0 Å². The number of hydrogen-bond acceptors (Lipinski definition) is 3. The predicted octanol–water partition coefficient (Wildman–Crippen LogP) is -0.0251. The van der Waals surface area contributed by atoms with Gasteiger partial charge in [-0.15, -0.1) is 0 Å². The number of nitrogens with two attached hydrogens (primary N) is 1. The van der Waals surface area contributed by atoms with Gasteiger partial charge in [0, 0.05) is 19.1 Å². The van der Waals surface area contributed by atoms with E-state index >= 15 is 0 Å². The second-order valence-corrected chi connectivity index (χ2v) is 3.34. The number of piperidine rings is 1. The molecule has 1 aliphatic heterocycles. The molecule has 0 spiro atoms. The molecule has 3 nitrogen and oxygen atoms in total. The van der Waals surface area contributed by atoms with Crippen LogP contribution in [0.3, 0.4) is 0 Å². The summed E-state index contributed by atoms with van der Waals surface area (Å²) in [6.45, 7) is 4.48. The molecule has 3 N–H and O–H groups in total. The van der Waals surface area contributed by atoms with E-state index in [0.29, 0.717) is 12.2 Å². The van der Waals surface area contributed by atoms with Gasteiger partial charge in [0.25, 0.3) is 0 Å². The molecule has 11 heavy (non-hydrogen) atoms. The average molecular weight is 157 g/mol. The van der Waals surface area contributed by atoms with Gasteiger partial charge in [-0.25, -0.2) is 0 Å². The summed E-state index contributed by atoms with van der Waals surface area (Å²) in [7, 11) is 2.00. The summed E-state index contributed by atoms with van der Waals surface area (Å²) in [5.41, 5.74) is 5.79. The van der Waals surface area contributed by atoms with Gasteiger partial charge in [-0.2, -0.15) is 0 Å². The quantitative estimate of drug-likeness (QED) is 0.591. The van der Waals surface area contributed by atoms with Gasteiger partial charge in [0.2, 0.25) is 0 Å². The third kappa shape index (κ3) is 2.43. The van der Waals surface area contributed by atoms with Crippen LogP contribution in [0.15, 0.2) is 0 Å². The lowest BCUT2D eigenvalue weighted by atomic mass is 10.1. The lowest BCUT2D eigenvalue weighted by Gasteiger charge is -2.34. The molecule has 1 aliphatic rings. The Kier molecular flexibility index (Phi) is 3.30. The van der Waals surface area contributed by atoms with Crippen LogP contribution in [-0.4, -0.2) is 37.2 Å². The second-order valence-electron chi connectivity index (χ2n) is 3.34. The van der Waals surface area contributed by atoms with Crippen molar-refractivity contribution in [2.75, 3.05) is 20.1 Å². The van der Waals surface area contributed by atoms with Gasteiger partial charge in [-0.1, -0.05) is 0 Å². The molecule has 3 heteroatoms. The van der Waals surface area contributed by atoms with Crippen LogP contribution >= 0.6 is 0 Å². The maximum Gasteiger partial charge on any atom is 0.0565 e. The van der Waals surface area contributed by atoms with Crippen molar-refractivity contribution in [1.82, 2.24) is 10.2 Å². The molecule has 0 aliphatic carbocycles. The first kappa shape index (κ1) is 8.97. The van der Waals surface area contributed by atoms with E-state index in [2.05, 4.69) is 17.1 Å². The van der Waals surface area contributed by atoms with Crippen molar-refractivity contribution in [3.63, 3.8) is 0 Å². The highest BCUT2D eigenvalue weighted by Gasteiger charge is 2.18. The predicted molar refractivity (Wildman–Crippen MR) is 47.3 cm³/mol. The highest BCUT2D eigenvalue weighted by atomic mass is 15.3. The van der Waals surface area contributed by atoms with E-state index in [1.165, 1.54) is 0 Å². The molecule has 0 aromatic heterocycles. The van der Waals surface area contributed by atoms with Gasteiger partial charge in [-0.3, -0.25) is 4.90 Å². The normalized spacial score (nSPS) is 25.4. The Balaban J connectivity index is 2.27. The van der Waals surface area contributed by atoms with Crippen LogP contribution < -0.4 is 11.1 Å². The van der Waals surface area contributed by atoms with E-state index in [-0.39, 0.29) is 0 Å². The first-order valence-electron chi connectivity index (χ1n) is 4.41. The zero-order valence-electron chi connectivity index (χ0n) is 7.51. The fourth-order valence-corrected chi connectivity index (χ4v) is 1.49. The largest absolute Gasteiger partial charge is 0.328 e. The maximum absolute atomic E-state index is 5.79. The Morgan fingerprint density at radius 3 is 2.45 bits per heavy atom. The smallest absolute Gasteiger partial charge is 0.0565 e. The molecule has 1 atom stereocenters. The standard InChI is InChI=1S/C8H19N3/c1-7(10-2)11-5-3-8(9)4-6-11/h7-8,10H,3-6,9H2,1-2H3. The fourth-order valence-electron chi connectivity index (χ4n) is 1.49. The van der Waals surface area contributed by atoms with Crippen LogP contribution in [0.2, 0.25) is 0 Å². The van der Waals surface area contributed by atoms with Gasteiger partial charge in [-0.05, 0) is 26.8 Å². The Morgan fingerprint density at radius 1 is 1.45 bits per heavy atom. The molecule has 66 valence electrons. The summed E-state index contributed by atoms with van der Waals surface area (Å²) in [5, 5.41) is 3.23. The van der Waals surface area contributed by atoms with E-state index in [0.717, 1.165) is 25.9 Å². The fraction of sp³-hybridized carbons (Fsp3) is 1.00. The average Bonchev–Trinajstić information content (AvgIpc) is 2.05. The highest BCUT2D eigenvalue weighted by molar-refractivity contribution is 4.76. The molecule has 0 saturated carbocycles. The van der Waals surface area contributed by atoms with Crippen molar-refractivity contribution in [3.8, 4) is 0 Å². The molecule has 0 aromatic rings. The van der Waals surface area contributed by atoms with Gasteiger partial charge in [0.15, 0.2) is 0 Å². The monoisotopic (exact) mass is 157 g/mol. The third-order valence-electron chi connectivity index (χ3n) is 2.54. The van der Waals surface area contributed by atoms with E-state index < -0.39 is 0 Å². The van der Waals surface area contributed by atoms with E-state index in [1.54, 1.807) is 0 Å². The molecule has 0 amide bonds. The Bertz CT molecular complexity index is 108. The minimum atomic E-state index is 0.440. The molecule has 0 radical (unpaired) electrons. The van der Waals surface area contributed by atoms with E-state index in [1.807, 2.05) is 7.05 Å². The minimum absolute atomic E-state index is 0.440. The summed E-state index contributed by atoms with van der Waals surface area (Å²) >= 11 is 0. The molecule has 1 unspecified atom stereocenters. The number of hydrogen-bond donors (Lipinski definition) is 2. The molecule has 1 rings (SSSR count). The van der Waals surface area contributed by atoms with Gasteiger partial charge in [0.1, 0.15) is 0 Å². The van der Waals surface area contributed by atoms with Crippen LogP contribution in [0, 0.1) is 0 Å². The topological polar surface area (TPSA) is 41.3 Å². The van der Waals surface area contributed by atoms with E-state index in [9.17, 15) is 0 Å². The summed E-state index contributed by atoms with van der Waals surface area (Å²) in [6, 6.07) is 0.440. The molecule has 0 bridgehead atoms. The summed E-state index contributed by atoms with van der Waals surface area (Å²) in [6.07, 6.45) is 2.79. The van der Waals surface area contributed by atoms with Crippen LogP contribution in [0.5, 0.6) is 0 Å². The van der Waals surface area contributed by atoms with Gasteiger partial charge < -0.3 is 11.1 Å². The van der Waals surface area contributed by atoms with Crippen molar-refractivity contribution in [1.29, 1.82) is 0 Å². The number of nitrogens with zero attached hydrogens (tertiary/aromatic N) is 1. The molecular weight excluding hydrogens is 138 g/mol. The van der Waals surface area contributed by atoms with Crippen molar-refractivity contribution in [3.05, 3.63) is 0 Å². The van der Waals surface area contributed by atoms with Crippen LogP contribution in [0.1, 0.15) is 19.8 Å². The van der Waals surface area contributed by atoms with Crippen molar-refractivity contribution >= 4 is 0 Å². The molecule has 1 heterocycles. The molecule has 1 fully saturated rings. The first-order valence-corrected chi connectivity index (χ1v) is 4.41. The number of rotatable bonds is 2. The number of likely N-dealkylation sites (tertiary alicyclic amines) is 1. The minimum Gasteiger partial charge on any atom is -0.328 e. The third-order valence-corrected chi connectivity index (χ3v) is 2.54. The van der Waals surface area contributed by atoms with Crippen LogP contribution in [0.4, 0.5) is 0 Å². The Morgan fingerprint density at radius 2 is 2.00 bits per heavy atom. The summed E-state index contributed by atoms with van der Waals surface area (Å²) in [4.78, 5) is 2.43. The Labute approximate surface area is 68.9 Å². The highest BCUT2D eigenvalue weighted by Crippen LogP contribution is 2.09. The lowest BCUT2D eigenvalue weighted by Crippen LogP contribution is -2.48. The van der Waals surface area contributed by atoms with E-state index in [4.69, 9.17) is 5.73 Å². The SMILES string of the molecule is CNC(C)N1CCC(N)CC1. The van der Waals surface area contributed by atoms with Crippen LogP contribution in [-0.2, 0) is 0 Å².